The maximum atomic E-state index is 12.2. The van der Waals surface area contributed by atoms with Gasteiger partial charge in [0.25, 0.3) is 5.91 Å². The lowest BCUT2D eigenvalue weighted by Gasteiger charge is -2.12. The van der Waals surface area contributed by atoms with Gasteiger partial charge < -0.3 is 15.0 Å². The number of carbonyl (C=O) groups is 2. The monoisotopic (exact) mass is 342 g/mol. The zero-order chi connectivity index (χ0) is 14.7. The van der Waals surface area contributed by atoms with Crippen molar-refractivity contribution in [1.82, 2.24) is 9.88 Å². The standard InChI is InChI=1S/C14H19BrN2O3/c1-9(2-5-13(18)19)7-16-14(20)12-6-10(15)8-17(12)11-3-4-11/h6,8-9,11H,2-5,7H2,1H3,(H,16,20)(H,18,19). The first kappa shape index (κ1) is 15.1. The Balaban J connectivity index is 1.87. The second-order valence-electron chi connectivity index (χ2n) is 5.43. The maximum Gasteiger partial charge on any atom is 0.303 e. The predicted octanol–water partition coefficient (Wildman–Crippen LogP) is 2.82. The number of carboxylic acid groups (broad SMARTS) is 1. The number of halogens is 1. The van der Waals surface area contributed by atoms with Crippen molar-refractivity contribution in [3.05, 3.63) is 22.4 Å². The van der Waals surface area contributed by atoms with Crippen LogP contribution in [0.2, 0.25) is 0 Å². The summed E-state index contributed by atoms with van der Waals surface area (Å²) >= 11 is 3.40. The van der Waals surface area contributed by atoms with Crippen molar-refractivity contribution in [2.75, 3.05) is 6.54 Å². The van der Waals surface area contributed by atoms with E-state index in [1.165, 1.54) is 0 Å². The van der Waals surface area contributed by atoms with E-state index in [9.17, 15) is 9.59 Å². The number of amides is 1. The molecule has 1 heterocycles. The van der Waals surface area contributed by atoms with Crippen LogP contribution in [0.3, 0.4) is 0 Å². The normalized spacial score (nSPS) is 15.9. The molecule has 110 valence electrons. The quantitative estimate of drug-likeness (QED) is 0.800. The first-order valence-electron chi connectivity index (χ1n) is 6.84. The van der Waals surface area contributed by atoms with Crippen molar-refractivity contribution in [3.8, 4) is 0 Å². The van der Waals surface area contributed by atoms with Crippen LogP contribution in [0.5, 0.6) is 0 Å². The molecule has 5 nitrogen and oxygen atoms in total. The maximum absolute atomic E-state index is 12.2. The van der Waals surface area contributed by atoms with Crippen LogP contribution >= 0.6 is 15.9 Å². The molecule has 0 aliphatic heterocycles. The number of carbonyl (C=O) groups excluding carboxylic acids is 1. The molecule has 0 spiro atoms. The van der Waals surface area contributed by atoms with Crippen LogP contribution in [0.25, 0.3) is 0 Å². The molecule has 2 N–H and O–H groups in total. The molecule has 0 saturated heterocycles. The minimum Gasteiger partial charge on any atom is -0.481 e. The van der Waals surface area contributed by atoms with E-state index < -0.39 is 5.97 Å². The number of hydrogen-bond acceptors (Lipinski definition) is 2. The molecule has 1 atom stereocenters. The Labute approximate surface area is 126 Å². The summed E-state index contributed by atoms with van der Waals surface area (Å²) in [4.78, 5) is 22.7. The number of nitrogens with zero attached hydrogens (tertiary/aromatic N) is 1. The summed E-state index contributed by atoms with van der Waals surface area (Å²) in [5, 5.41) is 11.5. The van der Waals surface area contributed by atoms with Gasteiger partial charge in [-0.3, -0.25) is 9.59 Å². The van der Waals surface area contributed by atoms with E-state index in [2.05, 4.69) is 21.2 Å². The number of aromatic nitrogens is 1. The third kappa shape index (κ3) is 4.10. The predicted molar refractivity (Wildman–Crippen MR) is 78.8 cm³/mol. The van der Waals surface area contributed by atoms with E-state index >= 15 is 0 Å². The fourth-order valence-corrected chi connectivity index (χ4v) is 2.55. The van der Waals surface area contributed by atoms with Crippen LogP contribution in [0.1, 0.15) is 49.1 Å². The molecule has 0 radical (unpaired) electrons. The average molecular weight is 343 g/mol. The van der Waals surface area contributed by atoms with Gasteiger partial charge in [-0.25, -0.2) is 0 Å². The largest absolute Gasteiger partial charge is 0.481 e. The Morgan fingerprint density at radius 1 is 1.55 bits per heavy atom. The second-order valence-corrected chi connectivity index (χ2v) is 6.35. The Morgan fingerprint density at radius 3 is 2.85 bits per heavy atom. The van der Waals surface area contributed by atoms with Gasteiger partial charge in [-0.1, -0.05) is 6.92 Å². The van der Waals surface area contributed by atoms with E-state index in [0.29, 0.717) is 24.7 Å². The summed E-state index contributed by atoms with van der Waals surface area (Å²) < 4.78 is 2.93. The fourth-order valence-electron chi connectivity index (χ4n) is 2.11. The summed E-state index contributed by atoms with van der Waals surface area (Å²) in [5.41, 5.74) is 0.671. The molecule has 1 saturated carbocycles. The van der Waals surface area contributed by atoms with Crippen molar-refractivity contribution >= 4 is 27.8 Å². The molecule has 0 bridgehead atoms. The van der Waals surface area contributed by atoms with Crippen molar-refractivity contribution in [2.24, 2.45) is 5.92 Å². The summed E-state index contributed by atoms with van der Waals surface area (Å²) in [6.45, 7) is 2.44. The topological polar surface area (TPSA) is 71.3 Å². The highest BCUT2D eigenvalue weighted by atomic mass is 79.9. The Kier molecular flexibility index (Phi) is 4.86. The van der Waals surface area contributed by atoms with Crippen LogP contribution in [-0.2, 0) is 4.79 Å². The fraction of sp³-hybridized carbons (Fsp3) is 0.571. The van der Waals surface area contributed by atoms with E-state index in [1.54, 1.807) is 0 Å². The van der Waals surface area contributed by atoms with Gasteiger partial charge >= 0.3 is 5.97 Å². The van der Waals surface area contributed by atoms with Crippen molar-refractivity contribution in [2.45, 2.75) is 38.6 Å². The molecule has 1 aromatic heterocycles. The van der Waals surface area contributed by atoms with Crippen LogP contribution < -0.4 is 5.32 Å². The van der Waals surface area contributed by atoms with Gasteiger partial charge in [0.1, 0.15) is 5.69 Å². The zero-order valence-corrected chi connectivity index (χ0v) is 13.0. The molecule has 1 fully saturated rings. The molecule has 2 rings (SSSR count). The minimum absolute atomic E-state index is 0.0928. The molecular weight excluding hydrogens is 324 g/mol. The number of nitrogens with one attached hydrogen (secondary N) is 1. The Morgan fingerprint density at radius 2 is 2.25 bits per heavy atom. The zero-order valence-electron chi connectivity index (χ0n) is 11.4. The van der Waals surface area contributed by atoms with E-state index in [-0.39, 0.29) is 18.2 Å². The SMILES string of the molecule is CC(CCC(=O)O)CNC(=O)c1cc(Br)cn1C1CC1. The Bertz CT molecular complexity index is 509. The molecule has 20 heavy (non-hydrogen) atoms. The van der Waals surface area contributed by atoms with E-state index in [4.69, 9.17) is 5.11 Å². The van der Waals surface area contributed by atoms with E-state index in [0.717, 1.165) is 17.3 Å². The highest BCUT2D eigenvalue weighted by Gasteiger charge is 2.27. The number of rotatable bonds is 7. The van der Waals surface area contributed by atoms with Gasteiger partial charge in [0.15, 0.2) is 0 Å². The number of hydrogen-bond donors (Lipinski definition) is 2. The van der Waals surface area contributed by atoms with Crippen LogP contribution in [0.15, 0.2) is 16.7 Å². The third-order valence-corrected chi connectivity index (χ3v) is 3.88. The van der Waals surface area contributed by atoms with E-state index in [1.807, 2.05) is 23.8 Å². The average Bonchev–Trinajstić information content (AvgIpc) is 3.16. The molecule has 1 aliphatic rings. The highest BCUT2D eigenvalue weighted by molar-refractivity contribution is 9.10. The van der Waals surface area contributed by atoms with Crippen LogP contribution in [-0.4, -0.2) is 28.1 Å². The Hall–Kier alpha value is -1.30. The minimum atomic E-state index is -0.797. The first-order chi connectivity index (χ1) is 9.47. The summed E-state index contributed by atoms with van der Waals surface area (Å²) in [7, 11) is 0. The highest BCUT2D eigenvalue weighted by Crippen LogP contribution is 2.37. The lowest BCUT2D eigenvalue weighted by Crippen LogP contribution is -2.30. The summed E-state index contributed by atoms with van der Waals surface area (Å²) in [5.74, 6) is -0.734. The molecule has 1 aromatic rings. The third-order valence-electron chi connectivity index (χ3n) is 3.45. The summed E-state index contributed by atoms with van der Waals surface area (Å²) in [6.07, 6.45) is 4.90. The molecule has 1 amide bonds. The van der Waals surface area contributed by atoms with Gasteiger partial charge in [-0.05, 0) is 47.2 Å². The van der Waals surface area contributed by atoms with Gasteiger partial charge in [0.05, 0.1) is 0 Å². The van der Waals surface area contributed by atoms with Crippen molar-refractivity contribution in [3.63, 3.8) is 0 Å². The molecule has 1 aliphatic carbocycles. The first-order valence-corrected chi connectivity index (χ1v) is 7.64. The summed E-state index contributed by atoms with van der Waals surface area (Å²) in [6, 6.07) is 2.28. The van der Waals surface area contributed by atoms with Gasteiger partial charge in [-0.15, -0.1) is 0 Å². The number of carboxylic acids is 1. The lowest BCUT2D eigenvalue weighted by molar-refractivity contribution is -0.137. The van der Waals surface area contributed by atoms with Crippen LogP contribution in [0.4, 0.5) is 0 Å². The van der Waals surface area contributed by atoms with Gasteiger partial charge in [-0.2, -0.15) is 0 Å². The second kappa shape index (κ2) is 6.43. The molecule has 1 unspecified atom stereocenters. The number of aliphatic carboxylic acids is 1. The van der Waals surface area contributed by atoms with Crippen LogP contribution in [0, 0.1) is 5.92 Å². The lowest BCUT2D eigenvalue weighted by atomic mass is 10.1. The van der Waals surface area contributed by atoms with Gasteiger partial charge in [0, 0.05) is 29.7 Å². The van der Waals surface area contributed by atoms with Gasteiger partial charge in [0.2, 0.25) is 0 Å². The van der Waals surface area contributed by atoms with Crippen molar-refractivity contribution < 1.29 is 14.7 Å². The molecular formula is C14H19BrN2O3. The molecule has 0 aromatic carbocycles. The smallest absolute Gasteiger partial charge is 0.303 e. The van der Waals surface area contributed by atoms with Crippen molar-refractivity contribution in [1.29, 1.82) is 0 Å². The molecule has 6 heteroatoms.